The molecule has 0 amide bonds. The second kappa shape index (κ2) is 9.38. The van der Waals surface area contributed by atoms with Crippen LogP contribution in [0, 0.1) is 0 Å². The number of alkyl halides is 1. The lowest BCUT2D eigenvalue weighted by molar-refractivity contribution is 0.413. The average Bonchev–Trinajstić information content (AvgIpc) is 2.53. The molecule has 0 bridgehead atoms. The number of ether oxygens (including phenoxy) is 1. The van der Waals surface area contributed by atoms with Crippen molar-refractivity contribution in [3.8, 4) is 5.75 Å². The van der Waals surface area contributed by atoms with Gasteiger partial charge in [0.1, 0.15) is 5.75 Å². The molecular formula is C18H23ClINO. The highest BCUT2D eigenvalue weighted by Gasteiger charge is 2.21. The highest BCUT2D eigenvalue weighted by atomic mass is 127. The molecule has 0 aromatic heterocycles. The van der Waals surface area contributed by atoms with Gasteiger partial charge in [-0.05, 0) is 49.6 Å². The molecule has 22 heavy (non-hydrogen) atoms. The van der Waals surface area contributed by atoms with Crippen molar-refractivity contribution in [1.29, 1.82) is 0 Å². The van der Waals surface area contributed by atoms with Gasteiger partial charge in [-0.2, -0.15) is 0 Å². The minimum Gasteiger partial charge on any atom is -0.497 e. The normalized spacial score (nSPS) is 13.0. The standard InChI is InChI=1S/C18H22INO.ClH/c1-18(19,16-11-6-12-17(14-16)21-2)20-13-7-10-15-8-4-3-5-9-15;/h3-6,8-9,11-12,14,20H,7,10,13H2,1-2H3;1H. The Bertz CT molecular complexity index is 560. The summed E-state index contributed by atoms with van der Waals surface area (Å²) < 4.78 is 5.22. The molecule has 1 N–H and O–H groups in total. The Morgan fingerprint density at radius 2 is 1.82 bits per heavy atom. The topological polar surface area (TPSA) is 21.3 Å². The predicted molar refractivity (Wildman–Crippen MR) is 104 cm³/mol. The second-order valence-corrected chi connectivity index (χ2v) is 7.41. The number of aryl methyl sites for hydroxylation is 1. The molecule has 0 spiro atoms. The summed E-state index contributed by atoms with van der Waals surface area (Å²) in [5, 5.41) is 3.63. The SMILES string of the molecule is COc1cccc(C(C)(I)NCCCc2ccccc2)c1.Cl. The highest BCUT2D eigenvalue weighted by Crippen LogP contribution is 2.30. The lowest BCUT2D eigenvalue weighted by Crippen LogP contribution is -2.34. The van der Waals surface area contributed by atoms with Crippen LogP contribution in [0.25, 0.3) is 0 Å². The molecule has 0 aliphatic heterocycles. The van der Waals surface area contributed by atoms with Crippen molar-refractivity contribution >= 4 is 35.0 Å². The average molecular weight is 432 g/mol. The number of halogens is 2. The first-order chi connectivity index (χ1) is 10.1. The molecule has 120 valence electrons. The van der Waals surface area contributed by atoms with Gasteiger partial charge in [0.25, 0.3) is 0 Å². The van der Waals surface area contributed by atoms with Crippen molar-refractivity contribution in [2.45, 2.75) is 23.3 Å². The molecule has 2 rings (SSSR count). The van der Waals surface area contributed by atoms with Gasteiger partial charge in [-0.15, -0.1) is 12.4 Å². The van der Waals surface area contributed by atoms with Crippen molar-refractivity contribution < 1.29 is 4.74 Å². The summed E-state index contributed by atoms with van der Waals surface area (Å²) >= 11 is 2.46. The zero-order valence-corrected chi connectivity index (χ0v) is 16.0. The summed E-state index contributed by atoms with van der Waals surface area (Å²) in [4.78, 5) is 0. The first-order valence-corrected chi connectivity index (χ1v) is 8.32. The Kier molecular flexibility index (Phi) is 8.21. The van der Waals surface area contributed by atoms with Crippen LogP contribution >= 0.6 is 35.0 Å². The fourth-order valence-corrected chi connectivity index (χ4v) is 2.88. The number of hydrogen-bond acceptors (Lipinski definition) is 2. The molecule has 2 aromatic carbocycles. The molecule has 1 unspecified atom stereocenters. The van der Waals surface area contributed by atoms with Crippen LogP contribution in [0.2, 0.25) is 0 Å². The van der Waals surface area contributed by atoms with E-state index in [2.05, 4.69) is 77.3 Å². The van der Waals surface area contributed by atoms with Gasteiger partial charge in [0, 0.05) is 0 Å². The fraction of sp³-hybridized carbons (Fsp3) is 0.333. The summed E-state index contributed by atoms with van der Waals surface area (Å²) in [5.41, 5.74) is 2.64. The van der Waals surface area contributed by atoms with E-state index in [1.165, 1.54) is 11.1 Å². The smallest absolute Gasteiger partial charge is 0.119 e. The van der Waals surface area contributed by atoms with Crippen molar-refractivity contribution in [3.05, 3.63) is 65.7 Å². The maximum Gasteiger partial charge on any atom is 0.119 e. The van der Waals surface area contributed by atoms with E-state index in [1.807, 2.05) is 12.1 Å². The molecule has 0 saturated carbocycles. The summed E-state index contributed by atoms with van der Waals surface area (Å²) in [6.45, 7) is 3.19. The molecular weight excluding hydrogens is 409 g/mol. The molecule has 1 atom stereocenters. The molecule has 0 saturated heterocycles. The number of benzene rings is 2. The number of methoxy groups -OCH3 is 1. The molecule has 0 aliphatic carbocycles. The molecule has 2 aromatic rings. The van der Waals surface area contributed by atoms with E-state index in [1.54, 1.807) is 7.11 Å². The van der Waals surface area contributed by atoms with E-state index in [0.717, 1.165) is 25.1 Å². The lowest BCUT2D eigenvalue weighted by atomic mass is 10.1. The van der Waals surface area contributed by atoms with Gasteiger partial charge >= 0.3 is 0 Å². The Balaban J connectivity index is 0.00000242. The Morgan fingerprint density at radius 1 is 1.09 bits per heavy atom. The number of nitrogens with one attached hydrogen (secondary N) is 1. The monoisotopic (exact) mass is 431 g/mol. The lowest BCUT2D eigenvalue weighted by Gasteiger charge is -2.25. The molecule has 2 nitrogen and oxygen atoms in total. The molecule has 0 fully saturated rings. The summed E-state index contributed by atoms with van der Waals surface area (Å²) in [6.07, 6.45) is 2.24. The molecule has 0 heterocycles. The van der Waals surface area contributed by atoms with E-state index in [4.69, 9.17) is 4.74 Å². The van der Waals surface area contributed by atoms with Crippen LogP contribution in [0.3, 0.4) is 0 Å². The molecule has 4 heteroatoms. The van der Waals surface area contributed by atoms with E-state index in [9.17, 15) is 0 Å². The van der Waals surface area contributed by atoms with Gasteiger partial charge in [-0.1, -0.05) is 65.1 Å². The maximum absolute atomic E-state index is 5.30. The minimum absolute atomic E-state index is 0. The predicted octanol–water partition coefficient (Wildman–Crippen LogP) is 4.95. The van der Waals surface area contributed by atoms with Gasteiger partial charge in [0.2, 0.25) is 0 Å². The zero-order valence-electron chi connectivity index (χ0n) is 13.0. The zero-order chi connectivity index (χ0) is 15.1. The van der Waals surface area contributed by atoms with Crippen molar-refractivity contribution in [2.24, 2.45) is 0 Å². The van der Waals surface area contributed by atoms with E-state index >= 15 is 0 Å². The molecule has 0 aliphatic rings. The van der Waals surface area contributed by atoms with Crippen LogP contribution in [0.4, 0.5) is 0 Å². The Hall–Kier alpha value is -0.780. The van der Waals surface area contributed by atoms with Gasteiger partial charge in [0.15, 0.2) is 0 Å². The second-order valence-electron chi connectivity index (χ2n) is 5.25. The van der Waals surface area contributed by atoms with Crippen molar-refractivity contribution in [2.75, 3.05) is 13.7 Å². The van der Waals surface area contributed by atoms with Gasteiger partial charge < -0.3 is 4.74 Å². The van der Waals surface area contributed by atoms with Crippen LogP contribution in [0.15, 0.2) is 54.6 Å². The van der Waals surface area contributed by atoms with Crippen LogP contribution in [0.5, 0.6) is 5.75 Å². The molecule has 0 radical (unpaired) electrons. The fourth-order valence-electron chi connectivity index (χ4n) is 2.28. The largest absolute Gasteiger partial charge is 0.497 e. The Morgan fingerprint density at radius 3 is 2.50 bits per heavy atom. The quantitative estimate of drug-likeness (QED) is 0.290. The number of rotatable bonds is 7. The third-order valence-electron chi connectivity index (χ3n) is 3.55. The third kappa shape index (κ3) is 5.78. The number of hydrogen-bond donors (Lipinski definition) is 1. The van der Waals surface area contributed by atoms with Gasteiger partial charge in [-0.25, -0.2) is 0 Å². The van der Waals surface area contributed by atoms with Crippen LogP contribution < -0.4 is 10.1 Å². The summed E-state index contributed by atoms with van der Waals surface area (Å²) in [6, 6.07) is 18.9. The highest BCUT2D eigenvalue weighted by molar-refractivity contribution is 14.1. The van der Waals surface area contributed by atoms with Crippen molar-refractivity contribution in [1.82, 2.24) is 5.32 Å². The maximum atomic E-state index is 5.30. The van der Waals surface area contributed by atoms with E-state index < -0.39 is 0 Å². The van der Waals surface area contributed by atoms with Crippen LogP contribution in [-0.4, -0.2) is 13.7 Å². The minimum atomic E-state index is -0.0804. The third-order valence-corrected chi connectivity index (χ3v) is 4.56. The van der Waals surface area contributed by atoms with Crippen molar-refractivity contribution in [3.63, 3.8) is 0 Å². The van der Waals surface area contributed by atoms with Crippen LogP contribution in [-0.2, 0) is 9.97 Å². The summed E-state index contributed by atoms with van der Waals surface area (Å²) in [5.74, 6) is 0.904. The first-order valence-electron chi connectivity index (χ1n) is 7.24. The van der Waals surface area contributed by atoms with Gasteiger partial charge in [-0.3, -0.25) is 5.32 Å². The van der Waals surface area contributed by atoms with Gasteiger partial charge in [0.05, 0.1) is 10.7 Å². The first kappa shape index (κ1) is 19.3. The van der Waals surface area contributed by atoms with E-state index in [-0.39, 0.29) is 16.0 Å². The van der Waals surface area contributed by atoms with Crippen LogP contribution in [0.1, 0.15) is 24.5 Å². The summed E-state index contributed by atoms with van der Waals surface area (Å²) in [7, 11) is 1.71. The Labute approximate surface area is 153 Å². The van der Waals surface area contributed by atoms with E-state index in [0.29, 0.717) is 0 Å².